The number of aromatic nitrogens is 4. The number of nitrogens with two attached hydrogens (primary N) is 1. The first-order valence-corrected chi connectivity index (χ1v) is 21.1. The van der Waals surface area contributed by atoms with Gasteiger partial charge in [-0.15, -0.1) is 0 Å². The van der Waals surface area contributed by atoms with Gasteiger partial charge in [0, 0.05) is 30.7 Å². The van der Waals surface area contributed by atoms with E-state index in [0.717, 1.165) is 35.1 Å². The Morgan fingerprint density at radius 2 is 1.77 bits per heavy atom. The molecule has 0 aromatic carbocycles. The van der Waals surface area contributed by atoms with Gasteiger partial charge in [-0.05, 0) is 6.08 Å². The van der Waals surface area contributed by atoms with Crippen molar-refractivity contribution in [2.45, 2.75) is 57.3 Å². The van der Waals surface area contributed by atoms with E-state index in [9.17, 15) is 62.7 Å². The predicted molar refractivity (Wildman–Crippen MR) is 180 cm³/mol. The zero-order valence-corrected chi connectivity index (χ0v) is 32.6. The van der Waals surface area contributed by atoms with Crippen molar-refractivity contribution in [2.75, 3.05) is 37.8 Å². The number of aliphatic carboxylic acids is 1. The molecule has 1 aliphatic rings. The van der Waals surface area contributed by atoms with Crippen molar-refractivity contribution in [3.05, 3.63) is 24.8 Å². The molecule has 2 aromatic rings. The fraction of sp³-hybridized carbons (Fsp3) is 0.577. The maximum absolute atomic E-state index is 12.5. The lowest BCUT2D eigenvalue weighted by atomic mass is 9.87. The molecule has 26 nitrogen and oxygen atoms in total. The van der Waals surface area contributed by atoms with E-state index in [2.05, 4.69) is 43.5 Å². The van der Waals surface area contributed by atoms with E-state index < -0.39 is 95.6 Å². The summed E-state index contributed by atoms with van der Waals surface area (Å²) in [5.74, 6) is -2.61. The Bertz CT molecular complexity index is 1910. The number of ether oxygens (including phenoxy) is 1. The lowest BCUT2D eigenvalue weighted by molar-refractivity contribution is -0.347. The molecule has 1 saturated heterocycles. The van der Waals surface area contributed by atoms with E-state index in [1.54, 1.807) is 0 Å². The van der Waals surface area contributed by atoms with Crippen molar-refractivity contribution >= 4 is 75.1 Å². The first-order valence-electron chi connectivity index (χ1n) is 15.8. The Labute approximate surface area is 320 Å². The highest BCUT2D eigenvalue weighted by Crippen LogP contribution is 2.56. The molecule has 3 rings (SSSR count). The van der Waals surface area contributed by atoms with Gasteiger partial charge in [0.05, 0.1) is 33.8 Å². The number of aliphatic hydroxyl groups is 2. The zero-order valence-electron chi connectivity index (χ0n) is 29.1. The molecule has 0 bridgehead atoms. The van der Waals surface area contributed by atoms with Crippen LogP contribution in [0.15, 0.2) is 24.8 Å². The SMILES string of the molecule is CC(C)(COP(=O)([O-])OP(=O)([O-])OCC1OC(n2cnc3c(N)ncnc32)C(O)C1OP(=O)([O-])[O-])C(O)C(=O)NCCC(=O)NCCSC(=O)/C=C/CC(=O)O. The molecular weight excluding hydrogens is 839 g/mol. The fourth-order valence-corrected chi connectivity index (χ4v) is 7.90. The maximum atomic E-state index is 12.5. The fourth-order valence-electron chi connectivity index (χ4n) is 4.56. The molecule has 2 aromatic heterocycles. The van der Waals surface area contributed by atoms with E-state index in [1.165, 1.54) is 19.9 Å². The Morgan fingerprint density at radius 3 is 2.43 bits per heavy atom. The number of carbonyl (C=O) groups excluding carboxylic acids is 3. The van der Waals surface area contributed by atoms with Gasteiger partial charge in [0.15, 0.2) is 17.7 Å². The molecular formula is C26H36N7O19P3S-4. The molecule has 314 valence electrons. The zero-order chi connectivity index (χ0) is 42.1. The van der Waals surface area contributed by atoms with Crippen LogP contribution in [0.3, 0.4) is 0 Å². The quantitative estimate of drug-likeness (QED) is 0.0375. The van der Waals surface area contributed by atoms with Crippen LogP contribution in [0.5, 0.6) is 0 Å². The van der Waals surface area contributed by atoms with Crippen LogP contribution in [-0.2, 0) is 55.5 Å². The number of nitrogens with one attached hydrogen (secondary N) is 2. The number of amides is 2. The smallest absolute Gasteiger partial charge is 0.307 e. The van der Waals surface area contributed by atoms with Crippen molar-refractivity contribution in [3.63, 3.8) is 0 Å². The normalized spacial score (nSPS) is 21.7. The number of rotatable bonds is 22. The first kappa shape index (κ1) is 47.1. The third-order valence-corrected chi connectivity index (χ3v) is 11.1. The van der Waals surface area contributed by atoms with Crippen LogP contribution in [0.2, 0.25) is 0 Å². The summed E-state index contributed by atoms with van der Waals surface area (Å²) in [5.41, 5.74) is 4.00. The van der Waals surface area contributed by atoms with Crippen LogP contribution in [0, 0.1) is 5.41 Å². The third kappa shape index (κ3) is 14.6. The molecule has 7 atom stereocenters. The average Bonchev–Trinajstić information content (AvgIpc) is 3.64. The summed E-state index contributed by atoms with van der Waals surface area (Å²) in [6.07, 6.45) is -5.82. The van der Waals surface area contributed by atoms with Gasteiger partial charge in [-0.2, -0.15) is 0 Å². The number of hydrogen-bond acceptors (Lipinski definition) is 23. The molecule has 3 heterocycles. The van der Waals surface area contributed by atoms with Crippen molar-refractivity contribution in [3.8, 4) is 0 Å². The van der Waals surface area contributed by atoms with Gasteiger partial charge in [-0.3, -0.25) is 32.9 Å². The van der Waals surface area contributed by atoms with Gasteiger partial charge in [0.2, 0.25) is 16.9 Å². The minimum Gasteiger partial charge on any atom is -0.790 e. The highest BCUT2D eigenvalue weighted by molar-refractivity contribution is 8.14. The van der Waals surface area contributed by atoms with Gasteiger partial charge < -0.3 is 74.1 Å². The summed E-state index contributed by atoms with van der Waals surface area (Å²) in [6, 6.07) is 0. The van der Waals surface area contributed by atoms with Crippen molar-refractivity contribution in [2.24, 2.45) is 5.41 Å². The number of nitrogen functional groups attached to an aromatic ring is 1. The number of fused-ring (bicyclic) bond motifs is 1. The van der Waals surface area contributed by atoms with E-state index in [-0.39, 0.29) is 48.7 Å². The van der Waals surface area contributed by atoms with Crippen molar-refractivity contribution in [1.29, 1.82) is 0 Å². The summed E-state index contributed by atoms with van der Waals surface area (Å²) >= 11 is 0.830. The van der Waals surface area contributed by atoms with E-state index in [4.69, 9.17) is 15.6 Å². The molecule has 56 heavy (non-hydrogen) atoms. The summed E-state index contributed by atoms with van der Waals surface area (Å²) in [7, 11) is -17.6. The monoisotopic (exact) mass is 875 g/mol. The highest BCUT2D eigenvalue weighted by atomic mass is 32.2. The number of carbonyl (C=O) groups is 4. The number of carboxylic acid groups (broad SMARTS) is 1. The molecule has 0 saturated carbocycles. The number of phosphoric ester groups is 3. The van der Waals surface area contributed by atoms with E-state index in [1.807, 2.05) is 0 Å². The second-order valence-corrected chi connectivity index (χ2v) is 17.3. The summed E-state index contributed by atoms with van der Waals surface area (Å²) in [4.78, 5) is 106. The summed E-state index contributed by atoms with van der Waals surface area (Å²) in [6.45, 7) is -0.189. The third-order valence-electron chi connectivity index (χ3n) is 7.27. The predicted octanol–water partition coefficient (Wildman–Crippen LogP) is -3.83. The number of anilines is 1. The van der Waals surface area contributed by atoms with Gasteiger partial charge >= 0.3 is 5.97 Å². The Hall–Kier alpha value is -3.23. The minimum absolute atomic E-state index is 0.0324. The van der Waals surface area contributed by atoms with Crippen LogP contribution in [0.1, 0.15) is 32.9 Å². The molecule has 2 amide bonds. The Kier molecular flexibility index (Phi) is 16.8. The van der Waals surface area contributed by atoms with Crippen LogP contribution in [0.4, 0.5) is 5.82 Å². The van der Waals surface area contributed by atoms with Gasteiger partial charge in [-0.25, -0.2) is 19.3 Å². The number of phosphoric acid groups is 3. The topological polar surface area (TPSA) is 412 Å². The van der Waals surface area contributed by atoms with Gasteiger partial charge in [-0.1, -0.05) is 31.7 Å². The lowest BCUT2D eigenvalue weighted by Crippen LogP contribution is -2.46. The van der Waals surface area contributed by atoms with Crippen molar-refractivity contribution in [1.82, 2.24) is 30.2 Å². The van der Waals surface area contributed by atoms with Crippen molar-refractivity contribution < 1.29 is 90.4 Å². The van der Waals surface area contributed by atoms with Gasteiger partial charge in [0.25, 0.3) is 15.6 Å². The number of carboxylic acids is 1. The summed E-state index contributed by atoms with van der Waals surface area (Å²) < 4.78 is 60.3. The molecule has 30 heteroatoms. The molecule has 1 aliphatic heterocycles. The number of nitrogens with zero attached hydrogens (tertiary/aromatic N) is 4. The highest BCUT2D eigenvalue weighted by Gasteiger charge is 2.47. The van der Waals surface area contributed by atoms with Crippen LogP contribution in [0.25, 0.3) is 11.2 Å². The number of imidazole rings is 1. The van der Waals surface area contributed by atoms with Crippen LogP contribution in [-0.4, -0.2) is 114 Å². The van der Waals surface area contributed by atoms with Gasteiger partial charge in [0.1, 0.15) is 36.3 Å². The average molecular weight is 876 g/mol. The molecule has 0 spiro atoms. The summed E-state index contributed by atoms with van der Waals surface area (Å²) in [5, 5.41) is 34.1. The molecule has 0 aliphatic carbocycles. The molecule has 0 radical (unpaired) electrons. The minimum atomic E-state index is -5.93. The Morgan fingerprint density at radius 1 is 1.09 bits per heavy atom. The van der Waals surface area contributed by atoms with Crippen LogP contribution >= 0.6 is 35.2 Å². The lowest BCUT2D eigenvalue weighted by Gasteiger charge is -2.36. The second kappa shape index (κ2) is 20.0. The Balaban J connectivity index is 1.48. The number of hydrogen-bond donors (Lipinski definition) is 6. The standard InChI is InChI=1S/C26H40N7O19P3S/c1-26(2,21(39)24(40)29-7-6-15(34)28-8-9-56-17(37)5-3-4-16(35)36)11-49-55(46,47)52-54(44,45)48-10-14-20(51-53(41,42)43)19(38)25(50-14)33-13-32-18-22(27)30-12-31-23(18)33/h3,5,12-14,19-21,25,38-39H,4,6-11H2,1-2H3,(H,28,34)(H,29,40)(H,35,36)(H,44,45)(H,46,47)(H2,27,30,31)(H2,41,42,43)/p-4/b5-3+. The van der Waals surface area contributed by atoms with Crippen LogP contribution < -0.4 is 35.9 Å². The largest absolute Gasteiger partial charge is 0.790 e. The molecule has 1 fully saturated rings. The molecule has 7 N–H and O–H groups in total. The van der Waals surface area contributed by atoms with E-state index >= 15 is 0 Å². The second-order valence-electron chi connectivity index (χ2n) is 12.2. The maximum Gasteiger partial charge on any atom is 0.307 e. The first-order chi connectivity index (χ1) is 25.9. The number of thioether (sulfide) groups is 1. The number of aliphatic hydroxyl groups excluding tert-OH is 2. The van der Waals surface area contributed by atoms with E-state index in [0.29, 0.717) is 0 Å². The molecule has 7 unspecified atom stereocenters.